The van der Waals surface area contributed by atoms with Crippen LogP contribution in [0.5, 0.6) is 5.75 Å². The van der Waals surface area contributed by atoms with Crippen LogP contribution in [-0.4, -0.2) is 7.11 Å². The fraction of sp³-hybridized carbons (Fsp3) is 0.231. The van der Waals surface area contributed by atoms with Gasteiger partial charge in [-0.05, 0) is 41.6 Å². The molecule has 1 atom stereocenters. The van der Waals surface area contributed by atoms with Gasteiger partial charge in [0.15, 0.2) is 0 Å². The second kappa shape index (κ2) is 4.85. The van der Waals surface area contributed by atoms with Crippen molar-refractivity contribution in [1.82, 2.24) is 0 Å². The van der Waals surface area contributed by atoms with E-state index in [-0.39, 0.29) is 11.9 Å². The van der Waals surface area contributed by atoms with Crippen LogP contribution >= 0.6 is 11.3 Å². The summed E-state index contributed by atoms with van der Waals surface area (Å²) in [6, 6.07) is 6.37. The molecular formula is C13H14FNOS. The lowest BCUT2D eigenvalue weighted by Crippen LogP contribution is -2.11. The lowest BCUT2D eigenvalue weighted by Gasteiger charge is -2.13. The first kappa shape index (κ1) is 12.1. The van der Waals surface area contributed by atoms with Gasteiger partial charge in [-0.25, -0.2) is 4.39 Å². The third-order valence-corrected chi connectivity index (χ3v) is 3.56. The first-order chi connectivity index (χ1) is 8.11. The molecule has 0 fully saturated rings. The number of thiophene rings is 1. The summed E-state index contributed by atoms with van der Waals surface area (Å²) in [5.74, 6) is 0.496. The summed E-state index contributed by atoms with van der Waals surface area (Å²) in [7, 11) is 1.61. The molecule has 17 heavy (non-hydrogen) atoms. The zero-order valence-electron chi connectivity index (χ0n) is 9.74. The van der Waals surface area contributed by atoms with Crippen LogP contribution in [0.3, 0.4) is 0 Å². The zero-order valence-corrected chi connectivity index (χ0v) is 10.6. The number of benzene rings is 1. The molecule has 0 saturated carbocycles. The Morgan fingerprint density at radius 3 is 2.76 bits per heavy atom. The fourth-order valence-electron chi connectivity index (χ4n) is 1.80. The van der Waals surface area contributed by atoms with E-state index >= 15 is 0 Å². The largest absolute Gasteiger partial charge is 0.496 e. The van der Waals surface area contributed by atoms with E-state index in [9.17, 15) is 4.39 Å². The normalized spacial score (nSPS) is 12.5. The number of hydrogen-bond donors (Lipinski definition) is 1. The van der Waals surface area contributed by atoms with Crippen LogP contribution in [0.25, 0.3) is 0 Å². The van der Waals surface area contributed by atoms with Gasteiger partial charge in [0, 0.05) is 0 Å². The van der Waals surface area contributed by atoms with Crippen molar-refractivity contribution in [1.29, 1.82) is 0 Å². The van der Waals surface area contributed by atoms with Crippen LogP contribution in [0, 0.1) is 12.7 Å². The maximum absolute atomic E-state index is 13.3. The lowest BCUT2D eigenvalue weighted by atomic mass is 10.0. The molecule has 1 aromatic carbocycles. The summed E-state index contributed by atoms with van der Waals surface area (Å²) in [5.41, 5.74) is 7.77. The molecule has 0 saturated heterocycles. The average molecular weight is 251 g/mol. The number of methoxy groups -OCH3 is 1. The molecule has 2 nitrogen and oxygen atoms in total. The molecule has 4 heteroatoms. The van der Waals surface area contributed by atoms with E-state index in [4.69, 9.17) is 10.5 Å². The van der Waals surface area contributed by atoms with E-state index in [1.807, 2.05) is 24.4 Å². The van der Waals surface area contributed by atoms with Gasteiger partial charge >= 0.3 is 0 Å². The molecule has 90 valence electrons. The minimum absolute atomic E-state index is 0.258. The van der Waals surface area contributed by atoms with Crippen molar-refractivity contribution < 1.29 is 9.13 Å². The van der Waals surface area contributed by atoms with Crippen molar-refractivity contribution in [3.63, 3.8) is 0 Å². The van der Waals surface area contributed by atoms with Crippen molar-refractivity contribution in [3.8, 4) is 5.75 Å². The molecule has 2 aromatic rings. The highest BCUT2D eigenvalue weighted by atomic mass is 32.1. The van der Waals surface area contributed by atoms with Crippen LogP contribution in [0.15, 0.2) is 29.6 Å². The third kappa shape index (κ3) is 2.48. The Hall–Kier alpha value is -1.39. The van der Waals surface area contributed by atoms with Crippen LogP contribution in [0.2, 0.25) is 0 Å². The standard InChI is InChI=1S/C13H14FNOS/c1-8-5-9(7-10(14)6-8)12(15)13-11(16-2)3-4-17-13/h3-7,12H,15H2,1-2H3. The topological polar surface area (TPSA) is 35.2 Å². The molecular weight excluding hydrogens is 237 g/mol. The Kier molecular flexibility index (Phi) is 3.45. The minimum Gasteiger partial charge on any atom is -0.496 e. The Balaban J connectivity index is 2.39. The molecule has 0 aliphatic rings. The second-order valence-corrected chi connectivity index (χ2v) is 4.84. The van der Waals surface area contributed by atoms with Gasteiger partial charge in [-0.2, -0.15) is 0 Å². The summed E-state index contributed by atoms with van der Waals surface area (Å²) >= 11 is 1.52. The first-order valence-corrected chi connectivity index (χ1v) is 6.14. The van der Waals surface area contributed by atoms with Crippen molar-refractivity contribution in [3.05, 3.63) is 51.5 Å². The molecule has 0 spiro atoms. The van der Waals surface area contributed by atoms with Gasteiger partial charge in [0.25, 0.3) is 0 Å². The average Bonchev–Trinajstić information content (AvgIpc) is 2.74. The monoisotopic (exact) mass is 251 g/mol. The van der Waals surface area contributed by atoms with Crippen LogP contribution in [-0.2, 0) is 0 Å². The lowest BCUT2D eigenvalue weighted by molar-refractivity contribution is 0.411. The molecule has 2 N–H and O–H groups in total. The third-order valence-electron chi connectivity index (χ3n) is 2.58. The van der Waals surface area contributed by atoms with Gasteiger partial charge in [-0.3, -0.25) is 0 Å². The van der Waals surface area contributed by atoms with Gasteiger partial charge in [0.1, 0.15) is 11.6 Å². The minimum atomic E-state index is -0.348. The summed E-state index contributed by atoms with van der Waals surface area (Å²) in [5, 5.41) is 1.92. The van der Waals surface area contributed by atoms with Crippen LogP contribution in [0.1, 0.15) is 22.0 Å². The molecule has 0 radical (unpaired) electrons. The SMILES string of the molecule is COc1ccsc1C(N)c1cc(C)cc(F)c1. The maximum atomic E-state index is 13.3. The van der Waals surface area contributed by atoms with Gasteiger partial charge in [-0.15, -0.1) is 11.3 Å². The summed E-state index contributed by atoms with van der Waals surface area (Å²) in [6.45, 7) is 1.85. The summed E-state index contributed by atoms with van der Waals surface area (Å²) in [4.78, 5) is 0.914. The molecule has 1 aromatic heterocycles. The van der Waals surface area contributed by atoms with E-state index in [1.54, 1.807) is 7.11 Å². The number of rotatable bonds is 3. The molecule has 0 amide bonds. The summed E-state index contributed by atoms with van der Waals surface area (Å²) < 4.78 is 18.6. The van der Waals surface area contributed by atoms with E-state index in [1.165, 1.54) is 23.5 Å². The van der Waals surface area contributed by atoms with E-state index in [0.29, 0.717) is 0 Å². The number of nitrogens with two attached hydrogens (primary N) is 1. The predicted octanol–water partition coefficient (Wildman–Crippen LogP) is 3.25. The highest BCUT2D eigenvalue weighted by Gasteiger charge is 2.16. The fourth-order valence-corrected chi connectivity index (χ4v) is 2.69. The molecule has 1 heterocycles. The van der Waals surface area contributed by atoms with Crippen LogP contribution < -0.4 is 10.5 Å². The highest BCUT2D eigenvalue weighted by Crippen LogP contribution is 2.33. The van der Waals surface area contributed by atoms with Gasteiger partial charge < -0.3 is 10.5 Å². The van der Waals surface area contributed by atoms with Gasteiger partial charge in [0.2, 0.25) is 0 Å². The van der Waals surface area contributed by atoms with Gasteiger partial charge in [-0.1, -0.05) is 6.07 Å². The Morgan fingerprint density at radius 1 is 1.35 bits per heavy atom. The number of ether oxygens (including phenoxy) is 1. The zero-order chi connectivity index (χ0) is 12.4. The van der Waals surface area contributed by atoms with Gasteiger partial charge in [0.05, 0.1) is 18.0 Å². The number of halogens is 1. The quantitative estimate of drug-likeness (QED) is 0.908. The smallest absolute Gasteiger partial charge is 0.134 e. The Labute approximate surface area is 104 Å². The second-order valence-electron chi connectivity index (χ2n) is 3.89. The Bertz CT molecular complexity index is 504. The molecule has 0 aliphatic heterocycles. The first-order valence-electron chi connectivity index (χ1n) is 5.26. The molecule has 0 aliphatic carbocycles. The highest BCUT2D eigenvalue weighted by molar-refractivity contribution is 7.10. The number of hydrogen-bond acceptors (Lipinski definition) is 3. The Morgan fingerprint density at radius 2 is 2.12 bits per heavy atom. The molecule has 0 bridgehead atoms. The van der Waals surface area contributed by atoms with E-state index < -0.39 is 0 Å². The summed E-state index contributed by atoms with van der Waals surface area (Å²) in [6.07, 6.45) is 0. The van der Waals surface area contributed by atoms with Crippen molar-refractivity contribution in [2.75, 3.05) is 7.11 Å². The van der Waals surface area contributed by atoms with Crippen molar-refractivity contribution in [2.24, 2.45) is 5.73 Å². The van der Waals surface area contributed by atoms with Crippen molar-refractivity contribution in [2.45, 2.75) is 13.0 Å². The van der Waals surface area contributed by atoms with Crippen molar-refractivity contribution >= 4 is 11.3 Å². The van der Waals surface area contributed by atoms with Crippen LogP contribution in [0.4, 0.5) is 4.39 Å². The predicted molar refractivity (Wildman–Crippen MR) is 68.0 cm³/mol. The number of aryl methyl sites for hydroxylation is 1. The molecule has 1 unspecified atom stereocenters. The molecule has 2 rings (SSSR count). The van der Waals surface area contributed by atoms with E-state index in [0.717, 1.165) is 21.8 Å². The maximum Gasteiger partial charge on any atom is 0.134 e. The van der Waals surface area contributed by atoms with E-state index in [2.05, 4.69) is 0 Å².